The first-order chi connectivity index (χ1) is 21.8. The molecule has 1 saturated heterocycles. The summed E-state index contributed by atoms with van der Waals surface area (Å²) in [5, 5.41) is 4.02. The van der Waals surface area contributed by atoms with Crippen molar-refractivity contribution < 1.29 is 4.79 Å². The molecular formula is C38H48N4O2S. The van der Waals surface area contributed by atoms with Crippen molar-refractivity contribution in [1.29, 1.82) is 0 Å². The number of benzene rings is 2. The Labute approximate surface area is 272 Å². The summed E-state index contributed by atoms with van der Waals surface area (Å²) in [6.45, 7) is 15.7. The van der Waals surface area contributed by atoms with Crippen LogP contribution in [0.1, 0.15) is 85.1 Å². The van der Waals surface area contributed by atoms with Crippen molar-refractivity contribution >= 4 is 17.2 Å². The predicted octanol–water partition coefficient (Wildman–Crippen LogP) is 7.65. The van der Waals surface area contributed by atoms with Crippen LogP contribution in [-0.2, 0) is 25.7 Å². The fourth-order valence-electron chi connectivity index (χ4n) is 6.35. The highest BCUT2D eigenvalue weighted by Gasteiger charge is 2.28. The standard InChI is InChI=1S/C38H48N4O2S/c1-7-10-12-27-15-17-30(18-16-27)34-26(6)45-36(40-34)32-24-31(37(43)41-21-19-39-20-22-41)33(23-25(4)5)42(38(32)44)35-28(8-2)13-11-14-29(35)9-3/h11,13-18,24-25,39H,7-10,12,19-23H2,1-6H3. The Morgan fingerprint density at radius 3 is 2.27 bits per heavy atom. The summed E-state index contributed by atoms with van der Waals surface area (Å²) in [5.41, 5.74) is 8.22. The summed E-state index contributed by atoms with van der Waals surface area (Å²) in [4.78, 5) is 37.3. The second-order valence-electron chi connectivity index (χ2n) is 12.6. The van der Waals surface area contributed by atoms with E-state index in [1.807, 2.05) is 15.5 Å². The Morgan fingerprint density at radius 2 is 1.67 bits per heavy atom. The lowest BCUT2D eigenvalue weighted by molar-refractivity contribution is 0.0733. The SMILES string of the molecule is CCCCc1ccc(-c2nc(-c3cc(C(=O)N4CCNCC4)c(CC(C)C)n(-c4c(CC)cccc4CC)c3=O)sc2C)cc1. The molecule has 1 fully saturated rings. The van der Waals surface area contributed by atoms with Crippen molar-refractivity contribution in [2.24, 2.45) is 5.92 Å². The highest BCUT2D eigenvalue weighted by Crippen LogP contribution is 2.35. The molecule has 2 aromatic carbocycles. The molecule has 1 N–H and O–H groups in total. The molecule has 0 saturated carbocycles. The van der Waals surface area contributed by atoms with Crippen LogP contribution in [0.25, 0.3) is 27.5 Å². The van der Waals surface area contributed by atoms with Crippen LogP contribution in [-0.4, -0.2) is 46.5 Å². The van der Waals surface area contributed by atoms with Crippen LogP contribution in [0.15, 0.2) is 53.3 Å². The molecule has 238 valence electrons. The van der Waals surface area contributed by atoms with E-state index < -0.39 is 0 Å². The van der Waals surface area contributed by atoms with Gasteiger partial charge in [0, 0.05) is 42.3 Å². The monoisotopic (exact) mass is 624 g/mol. The number of unbranched alkanes of at least 4 members (excludes halogenated alkanes) is 1. The lowest BCUT2D eigenvalue weighted by Crippen LogP contribution is -2.47. The number of aryl methyl sites for hydroxylation is 4. The van der Waals surface area contributed by atoms with Gasteiger partial charge in [0.2, 0.25) is 0 Å². The molecule has 0 spiro atoms. The molecular weight excluding hydrogens is 577 g/mol. The molecule has 1 aliphatic heterocycles. The second-order valence-corrected chi connectivity index (χ2v) is 13.8. The molecule has 7 heteroatoms. The lowest BCUT2D eigenvalue weighted by Gasteiger charge is -2.30. The molecule has 0 bridgehead atoms. The van der Waals surface area contributed by atoms with Crippen LogP contribution in [0.4, 0.5) is 0 Å². The molecule has 0 radical (unpaired) electrons. The maximum absolute atomic E-state index is 14.9. The van der Waals surface area contributed by atoms with E-state index >= 15 is 0 Å². The third-order valence-electron chi connectivity index (χ3n) is 8.80. The van der Waals surface area contributed by atoms with Gasteiger partial charge in [0.25, 0.3) is 11.5 Å². The molecule has 2 aromatic heterocycles. The van der Waals surface area contributed by atoms with Gasteiger partial charge in [-0.05, 0) is 67.7 Å². The number of thiazole rings is 1. The Hall–Kier alpha value is -3.55. The van der Waals surface area contributed by atoms with E-state index in [4.69, 9.17) is 4.98 Å². The van der Waals surface area contributed by atoms with Crippen molar-refractivity contribution in [2.75, 3.05) is 26.2 Å². The summed E-state index contributed by atoms with van der Waals surface area (Å²) in [7, 11) is 0. The largest absolute Gasteiger partial charge is 0.336 e. The maximum Gasteiger partial charge on any atom is 0.265 e. The number of nitrogens with zero attached hydrogens (tertiary/aromatic N) is 3. The molecule has 4 aromatic rings. The first-order valence-corrected chi connectivity index (χ1v) is 17.6. The van der Waals surface area contributed by atoms with Crippen LogP contribution < -0.4 is 10.9 Å². The minimum Gasteiger partial charge on any atom is -0.336 e. The Balaban J connectivity index is 1.75. The Morgan fingerprint density at radius 1 is 1.00 bits per heavy atom. The number of rotatable bonds is 11. The van der Waals surface area contributed by atoms with E-state index in [2.05, 4.69) is 89.3 Å². The number of hydrogen-bond donors (Lipinski definition) is 1. The molecule has 0 atom stereocenters. The van der Waals surface area contributed by atoms with Crippen molar-refractivity contribution in [2.45, 2.75) is 80.1 Å². The Kier molecular flexibility index (Phi) is 10.7. The van der Waals surface area contributed by atoms with Gasteiger partial charge in [0.1, 0.15) is 5.01 Å². The van der Waals surface area contributed by atoms with Crippen molar-refractivity contribution in [3.63, 3.8) is 0 Å². The van der Waals surface area contributed by atoms with Gasteiger partial charge in [-0.1, -0.05) is 83.5 Å². The smallest absolute Gasteiger partial charge is 0.265 e. The molecule has 0 unspecified atom stereocenters. The van der Waals surface area contributed by atoms with Crippen molar-refractivity contribution in [1.82, 2.24) is 19.8 Å². The van der Waals surface area contributed by atoms with Crippen molar-refractivity contribution in [3.05, 3.63) is 91.7 Å². The number of para-hydroxylation sites is 1. The van der Waals surface area contributed by atoms with Gasteiger partial charge in [0.05, 0.1) is 22.5 Å². The highest BCUT2D eigenvalue weighted by molar-refractivity contribution is 7.15. The summed E-state index contributed by atoms with van der Waals surface area (Å²) in [6, 6.07) is 16.8. The lowest BCUT2D eigenvalue weighted by atomic mass is 9.97. The van der Waals surface area contributed by atoms with Gasteiger partial charge in [-0.15, -0.1) is 11.3 Å². The van der Waals surface area contributed by atoms with Gasteiger partial charge < -0.3 is 10.2 Å². The zero-order chi connectivity index (χ0) is 32.1. The maximum atomic E-state index is 14.9. The highest BCUT2D eigenvalue weighted by atomic mass is 32.1. The fraction of sp³-hybridized carbons (Fsp3) is 0.447. The number of aromatic nitrogens is 2. The summed E-state index contributed by atoms with van der Waals surface area (Å²) >= 11 is 1.53. The van der Waals surface area contributed by atoms with E-state index in [1.165, 1.54) is 29.7 Å². The number of piperazine rings is 1. The van der Waals surface area contributed by atoms with Gasteiger partial charge in [-0.3, -0.25) is 14.2 Å². The molecule has 1 amide bonds. The minimum atomic E-state index is -0.103. The van der Waals surface area contributed by atoms with Crippen LogP contribution >= 0.6 is 11.3 Å². The molecule has 3 heterocycles. The average molecular weight is 625 g/mol. The number of hydrogen-bond acceptors (Lipinski definition) is 5. The second kappa shape index (κ2) is 14.7. The van der Waals surface area contributed by atoms with Crippen LogP contribution in [0.5, 0.6) is 0 Å². The molecule has 45 heavy (non-hydrogen) atoms. The molecule has 5 rings (SSSR count). The fourth-order valence-corrected chi connectivity index (χ4v) is 7.29. The van der Waals surface area contributed by atoms with E-state index in [0.717, 1.165) is 71.0 Å². The van der Waals surface area contributed by atoms with Gasteiger partial charge in [0.15, 0.2) is 0 Å². The zero-order valence-corrected chi connectivity index (χ0v) is 28.7. The third kappa shape index (κ3) is 7.00. The number of nitrogens with one attached hydrogen (secondary N) is 1. The van der Waals surface area contributed by atoms with Gasteiger partial charge in [-0.2, -0.15) is 0 Å². The minimum absolute atomic E-state index is 0.00894. The zero-order valence-electron chi connectivity index (χ0n) is 27.8. The average Bonchev–Trinajstić information content (AvgIpc) is 3.44. The summed E-state index contributed by atoms with van der Waals surface area (Å²) < 4.78 is 1.89. The Bertz CT molecular complexity index is 1670. The van der Waals surface area contributed by atoms with Gasteiger partial charge >= 0.3 is 0 Å². The topological polar surface area (TPSA) is 67.2 Å². The van der Waals surface area contributed by atoms with Crippen LogP contribution in [0, 0.1) is 12.8 Å². The van der Waals surface area contributed by atoms with Crippen LogP contribution in [0.3, 0.4) is 0 Å². The van der Waals surface area contributed by atoms with Gasteiger partial charge in [-0.25, -0.2) is 4.98 Å². The summed E-state index contributed by atoms with van der Waals surface area (Å²) in [5.74, 6) is 0.245. The first-order valence-electron chi connectivity index (χ1n) is 16.7. The number of pyridine rings is 1. The number of carbonyl (C=O) groups excluding carboxylic acids is 1. The summed E-state index contributed by atoms with van der Waals surface area (Å²) in [6.07, 6.45) is 5.62. The quantitative estimate of drug-likeness (QED) is 0.186. The van der Waals surface area contributed by atoms with E-state index in [1.54, 1.807) is 0 Å². The predicted molar refractivity (Wildman–Crippen MR) is 188 cm³/mol. The van der Waals surface area contributed by atoms with E-state index in [0.29, 0.717) is 35.6 Å². The molecule has 1 aliphatic rings. The molecule has 0 aliphatic carbocycles. The molecule has 6 nitrogen and oxygen atoms in total. The third-order valence-corrected chi connectivity index (χ3v) is 9.81. The number of carbonyl (C=O) groups is 1. The normalized spacial score (nSPS) is 13.5. The number of amides is 1. The first kappa shape index (κ1) is 32.8. The van der Waals surface area contributed by atoms with Crippen LogP contribution in [0.2, 0.25) is 0 Å². The van der Waals surface area contributed by atoms with Crippen molar-refractivity contribution in [3.8, 4) is 27.5 Å². The van der Waals surface area contributed by atoms with E-state index in [-0.39, 0.29) is 17.4 Å². The van der Waals surface area contributed by atoms with E-state index in [9.17, 15) is 9.59 Å².